The fourth-order valence-corrected chi connectivity index (χ4v) is 4.72. The van der Waals surface area contributed by atoms with Gasteiger partial charge in [0.25, 0.3) is 0 Å². The molecule has 6 heteroatoms. The first-order chi connectivity index (χ1) is 14.1. The third kappa shape index (κ3) is 4.59. The molecule has 0 fully saturated rings. The minimum Gasteiger partial charge on any atom is -0.478 e. The maximum Gasteiger partial charge on any atom is 0.337 e. The Labute approximate surface area is 173 Å². The van der Waals surface area contributed by atoms with Crippen molar-refractivity contribution < 1.29 is 14.3 Å². The van der Waals surface area contributed by atoms with E-state index in [9.17, 15) is 14.3 Å². The number of fused-ring (bicyclic) bond motifs is 1. The first-order valence-corrected chi connectivity index (χ1v) is 10.4. The van der Waals surface area contributed by atoms with Crippen molar-refractivity contribution in [2.24, 2.45) is 0 Å². The highest BCUT2D eigenvalue weighted by molar-refractivity contribution is 7.99. The number of carbonyl (C=O) groups is 1. The second-order valence-corrected chi connectivity index (χ2v) is 8.26. The zero-order valence-corrected chi connectivity index (χ0v) is 16.6. The Morgan fingerprint density at radius 2 is 2.07 bits per heavy atom. The number of aromatic carboxylic acids is 1. The lowest BCUT2D eigenvalue weighted by atomic mass is 9.83. The number of nitrogens with zero attached hydrogens (tertiary/aromatic N) is 1. The van der Waals surface area contributed by atoms with E-state index in [1.165, 1.54) is 29.5 Å². The Morgan fingerprint density at radius 3 is 2.90 bits per heavy atom. The van der Waals surface area contributed by atoms with Gasteiger partial charge in [-0.05, 0) is 66.8 Å². The van der Waals surface area contributed by atoms with E-state index in [2.05, 4.69) is 28.5 Å². The van der Waals surface area contributed by atoms with Gasteiger partial charge in [-0.3, -0.25) is 4.98 Å². The van der Waals surface area contributed by atoms with E-state index in [4.69, 9.17) is 0 Å². The molecule has 1 heterocycles. The van der Waals surface area contributed by atoms with E-state index in [-0.39, 0.29) is 11.4 Å². The number of pyridine rings is 1. The van der Waals surface area contributed by atoms with Gasteiger partial charge in [0.05, 0.1) is 17.4 Å². The SMILES string of the molecule is O=C(O)c1ccncc1NC[C@H]1CCCc2cc(Sc3cccc(F)c3)ccc21. The van der Waals surface area contributed by atoms with Gasteiger partial charge in [0.1, 0.15) is 5.82 Å². The van der Waals surface area contributed by atoms with Crippen LogP contribution in [0.5, 0.6) is 0 Å². The number of anilines is 1. The number of rotatable bonds is 6. The number of hydrogen-bond donors (Lipinski definition) is 2. The molecular formula is C23H21FN2O2S. The lowest BCUT2D eigenvalue weighted by molar-refractivity contribution is 0.0697. The molecule has 148 valence electrons. The number of carboxylic acids is 1. The van der Waals surface area contributed by atoms with Crippen molar-refractivity contribution in [2.75, 3.05) is 11.9 Å². The van der Waals surface area contributed by atoms with Crippen molar-refractivity contribution in [3.05, 3.63) is 83.4 Å². The predicted octanol–water partition coefficient (Wildman–Crippen LogP) is 5.60. The number of carboxylic acid groups (broad SMARTS) is 1. The fraction of sp³-hybridized carbons (Fsp3) is 0.217. The molecule has 0 saturated carbocycles. The maximum atomic E-state index is 13.4. The summed E-state index contributed by atoms with van der Waals surface area (Å²) in [6.07, 6.45) is 6.22. The van der Waals surface area contributed by atoms with E-state index >= 15 is 0 Å². The Hall–Kier alpha value is -2.86. The van der Waals surface area contributed by atoms with E-state index in [1.54, 1.807) is 30.1 Å². The van der Waals surface area contributed by atoms with Crippen LogP contribution in [0.3, 0.4) is 0 Å². The number of nitrogens with one attached hydrogen (secondary N) is 1. The quantitative estimate of drug-likeness (QED) is 0.556. The van der Waals surface area contributed by atoms with Gasteiger partial charge in [0.2, 0.25) is 0 Å². The van der Waals surface area contributed by atoms with Crippen LogP contribution in [0.2, 0.25) is 0 Å². The summed E-state index contributed by atoms with van der Waals surface area (Å²) in [6, 6.07) is 14.6. The second-order valence-electron chi connectivity index (χ2n) is 7.12. The number of aromatic nitrogens is 1. The van der Waals surface area contributed by atoms with Crippen LogP contribution in [0.15, 0.2) is 70.7 Å². The standard InChI is InChI=1S/C23H21FN2O2S/c24-17-5-2-6-18(12-17)29-19-7-8-20-15(11-19)3-1-4-16(20)13-26-22-14-25-10-9-21(22)23(27)28/h2,5-12,14,16,26H,1,3-4,13H2,(H,27,28)/t16-/m1/s1. The molecule has 4 nitrogen and oxygen atoms in total. The predicted molar refractivity (Wildman–Crippen MR) is 112 cm³/mol. The molecule has 0 radical (unpaired) electrons. The number of hydrogen-bond acceptors (Lipinski definition) is 4. The molecular weight excluding hydrogens is 387 g/mol. The largest absolute Gasteiger partial charge is 0.478 e. The molecule has 1 aromatic heterocycles. The molecule has 2 aromatic carbocycles. The van der Waals surface area contributed by atoms with Gasteiger partial charge in [-0.25, -0.2) is 9.18 Å². The van der Waals surface area contributed by atoms with E-state index in [0.717, 1.165) is 29.1 Å². The zero-order chi connectivity index (χ0) is 20.2. The molecule has 4 rings (SSSR count). The highest BCUT2D eigenvalue weighted by Gasteiger charge is 2.21. The van der Waals surface area contributed by atoms with Crippen LogP contribution in [0, 0.1) is 5.82 Å². The third-order valence-corrected chi connectivity index (χ3v) is 6.15. The summed E-state index contributed by atoms with van der Waals surface area (Å²) < 4.78 is 13.4. The van der Waals surface area contributed by atoms with Crippen LogP contribution in [-0.4, -0.2) is 22.6 Å². The highest BCUT2D eigenvalue weighted by atomic mass is 32.2. The van der Waals surface area contributed by atoms with Crippen molar-refractivity contribution >= 4 is 23.4 Å². The summed E-state index contributed by atoms with van der Waals surface area (Å²) in [5.41, 5.74) is 3.39. The number of benzene rings is 2. The Balaban J connectivity index is 1.49. The molecule has 29 heavy (non-hydrogen) atoms. The molecule has 0 spiro atoms. The average molecular weight is 408 g/mol. The first kappa shape index (κ1) is 19.5. The minimum absolute atomic E-state index is 0.227. The van der Waals surface area contributed by atoms with Gasteiger partial charge in [0, 0.05) is 28.5 Å². The monoisotopic (exact) mass is 408 g/mol. The van der Waals surface area contributed by atoms with Crippen LogP contribution in [0.25, 0.3) is 0 Å². The summed E-state index contributed by atoms with van der Waals surface area (Å²) in [4.78, 5) is 17.4. The first-order valence-electron chi connectivity index (χ1n) is 9.57. The molecule has 3 aromatic rings. The Bertz CT molecular complexity index is 1040. The molecule has 0 amide bonds. The van der Waals surface area contributed by atoms with Gasteiger partial charge >= 0.3 is 5.97 Å². The van der Waals surface area contributed by atoms with Gasteiger partial charge in [-0.1, -0.05) is 23.9 Å². The van der Waals surface area contributed by atoms with E-state index < -0.39 is 5.97 Å². The van der Waals surface area contributed by atoms with Gasteiger partial charge in [-0.2, -0.15) is 0 Å². The van der Waals surface area contributed by atoms with Crippen LogP contribution in [0.4, 0.5) is 10.1 Å². The Kier molecular flexibility index (Phi) is 5.81. The van der Waals surface area contributed by atoms with Crippen molar-refractivity contribution in [1.82, 2.24) is 4.98 Å². The van der Waals surface area contributed by atoms with E-state index in [1.807, 2.05) is 6.07 Å². The van der Waals surface area contributed by atoms with Crippen molar-refractivity contribution in [3.63, 3.8) is 0 Å². The van der Waals surface area contributed by atoms with Gasteiger partial charge < -0.3 is 10.4 Å². The minimum atomic E-state index is -0.960. The molecule has 0 aliphatic heterocycles. The van der Waals surface area contributed by atoms with Crippen molar-refractivity contribution in [3.8, 4) is 0 Å². The fourth-order valence-electron chi connectivity index (χ4n) is 3.79. The van der Waals surface area contributed by atoms with E-state index in [0.29, 0.717) is 18.2 Å². The second kappa shape index (κ2) is 8.66. The summed E-state index contributed by atoms with van der Waals surface area (Å²) in [6.45, 7) is 0.662. The summed E-state index contributed by atoms with van der Waals surface area (Å²) >= 11 is 1.56. The zero-order valence-electron chi connectivity index (χ0n) is 15.8. The van der Waals surface area contributed by atoms with Crippen LogP contribution in [-0.2, 0) is 6.42 Å². The normalized spacial score (nSPS) is 15.6. The van der Waals surface area contributed by atoms with Crippen LogP contribution in [0.1, 0.15) is 40.2 Å². The van der Waals surface area contributed by atoms with Crippen LogP contribution < -0.4 is 5.32 Å². The highest BCUT2D eigenvalue weighted by Crippen LogP contribution is 2.36. The summed E-state index contributed by atoms with van der Waals surface area (Å²) in [7, 11) is 0. The van der Waals surface area contributed by atoms with Crippen LogP contribution >= 0.6 is 11.8 Å². The molecule has 1 aliphatic rings. The van der Waals surface area contributed by atoms with Crippen molar-refractivity contribution in [1.29, 1.82) is 0 Å². The number of aryl methyl sites for hydroxylation is 1. The lowest BCUT2D eigenvalue weighted by Gasteiger charge is -2.27. The topological polar surface area (TPSA) is 62.2 Å². The van der Waals surface area contributed by atoms with Gasteiger partial charge in [0.15, 0.2) is 0 Å². The molecule has 1 atom stereocenters. The maximum absolute atomic E-state index is 13.4. The average Bonchev–Trinajstić information content (AvgIpc) is 2.72. The molecule has 0 bridgehead atoms. The molecule has 0 unspecified atom stereocenters. The smallest absolute Gasteiger partial charge is 0.337 e. The van der Waals surface area contributed by atoms with Gasteiger partial charge in [-0.15, -0.1) is 0 Å². The summed E-state index contributed by atoms with van der Waals surface area (Å²) in [5.74, 6) is -0.873. The van der Waals surface area contributed by atoms with Crippen molar-refractivity contribution in [2.45, 2.75) is 35.0 Å². The molecule has 1 aliphatic carbocycles. The third-order valence-electron chi connectivity index (χ3n) is 5.18. The molecule has 2 N–H and O–H groups in total. The summed E-state index contributed by atoms with van der Waals surface area (Å²) in [5, 5.41) is 12.6. The lowest BCUT2D eigenvalue weighted by Crippen LogP contribution is -2.19. The Morgan fingerprint density at radius 1 is 1.21 bits per heavy atom. The molecule has 0 saturated heterocycles. The number of halogens is 1.